The van der Waals surface area contributed by atoms with Gasteiger partial charge in [0.25, 0.3) is 5.56 Å². The van der Waals surface area contributed by atoms with Crippen LogP contribution in [0.25, 0.3) is 11.1 Å². The van der Waals surface area contributed by atoms with E-state index in [0.717, 1.165) is 46.2 Å². The largest absolute Gasteiger partial charge is 0.504 e. The van der Waals surface area contributed by atoms with E-state index in [1.54, 1.807) is 7.05 Å². The first kappa shape index (κ1) is 26.2. The van der Waals surface area contributed by atoms with E-state index in [-0.39, 0.29) is 11.3 Å². The van der Waals surface area contributed by atoms with E-state index in [2.05, 4.69) is 105 Å². The van der Waals surface area contributed by atoms with E-state index >= 15 is 0 Å². The number of hydrogen-bond acceptors (Lipinski definition) is 4. The molecule has 0 aliphatic rings. The van der Waals surface area contributed by atoms with E-state index in [1.807, 2.05) is 0 Å². The summed E-state index contributed by atoms with van der Waals surface area (Å²) in [5.74, 6) is 0.346. The molecule has 1 heterocycles. The maximum absolute atomic E-state index is 13.5. The summed E-state index contributed by atoms with van der Waals surface area (Å²) in [6, 6.07) is 21.0. The van der Waals surface area contributed by atoms with Gasteiger partial charge in [-0.15, -0.1) is 5.10 Å². The number of hydrogen-bond donors (Lipinski definition) is 1. The van der Waals surface area contributed by atoms with Crippen LogP contribution in [0.2, 0.25) is 0 Å². The second kappa shape index (κ2) is 11.0. The minimum absolute atomic E-state index is 0.0597. The maximum Gasteiger partial charge on any atom is 0.278 e. The minimum Gasteiger partial charge on any atom is -0.504 e. The fourth-order valence-corrected chi connectivity index (χ4v) is 4.90. The van der Waals surface area contributed by atoms with Gasteiger partial charge >= 0.3 is 0 Å². The molecule has 0 amide bonds. The van der Waals surface area contributed by atoms with E-state index in [9.17, 15) is 9.90 Å². The van der Waals surface area contributed by atoms with Gasteiger partial charge in [-0.25, -0.2) is 4.68 Å². The van der Waals surface area contributed by atoms with Crippen molar-refractivity contribution in [3.63, 3.8) is 0 Å². The third-order valence-electron chi connectivity index (χ3n) is 6.95. The lowest BCUT2D eigenvalue weighted by molar-refractivity contribution is 0.464. The molecule has 37 heavy (non-hydrogen) atoms. The van der Waals surface area contributed by atoms with Crippen LogP contribution in [0.1, 0.15) is 52.8 Å². The fraction of sp³-hybridized carbons (Fsp3) is 0.312. The fourth-order valence-electron chi connectivity index (χ4n) is 4.90. The van der Waals surface area contributed by atoms with Crippen molar-refractivity contribution in [2.45, 2.75) is 60.5 Å². The highest BCUT2D eigenvalue weighted by atomic mass is 16.3. The zero-order valence-corrected chi connectivity index (χ0v) is 22.8. The predicted molar refractivity (Wildman–Crippen MR) is 152 cm³/mol. The Bertz CT molecular complexity index is 1380. The molecule has 0 radical (unpaired) electrons. The molecule has 0 atom stereocenters. The maximum atomic E-state index is 13.5. The summed E-state index contributed by atoms with van der Waals surface area (Å²) in [6.07, 6.45) is 1.53. The van der Waals surface area contributed by atoms with Gasteiger partial charge in [0.15, 0.2) is 11.6 Å². The molecule has 1 aromatic heterocycles. The van der Waals surface area contributed by atoms with E-state index in [4.69, 9.17) is 0 Å². The Morgan fingerprint density at radius 1 is 0.757 bits per heavy atom. The first-order chi connectivity index (χ1) is 17.7. The smallest absolute Gasteiger partial charge is 0.278 e. The molecule has 5 heteroatoms. The molecule has 4 aromatic rings. The molecule has 0 spiro atoms. The van der Waals surface area contributed by atoms with Crippen LogP contribution < -0.4 is 10.5 Å². The van der Waals surface area contributed by atoms with Gasteiger partial charge in [-0.3, -0.25) is 4.79 Å². The van der Waals surface area contributed by atoms with E-state index in [0.29, 0.717) is 24.5 Å². The van der Waals surface area contributed by atoms with E-state index < -0.39 is 0 Å². The second-order valence-electron chi connectivity index (χ2n) is 9.97. The van der Waals surface area contributed by atoms with Gasteiger partial charge < -0.3 is 10.0 Å². The van der Waals surface area contributed by atoms with Crippen LogP contribution >= 0.6 is 0 Å². The topological polar surface area (TPSA) is 58.4 Å². The third-order valence-corrected chi connectivity index (χ3v) is 6.95. The first-order valence-electron chi connectivity index (χ1n) is 13.0. The summed E-state index contributed by atoms with van der Waals surface area (Å²) in [5, 5.41) is 16.3. The lowest BCUT2D eigenvalue weighted by Crippen LogP contribution is -2.29. The number of aryl methyl sites for hydroxylation is 6. The highest BCUT2D eigenvalue weighted by Gasteiger charge is 2.25. The van der Waals surface area contributed by atoms with Crippen molar-refractivity contribution in [2.75, 3.05) is 4.90 Å². The van der Waals surface area contributed by atoms with Crippen LogP contribution in [0.15, 0.2) is 65.5 Å². The van der Waals surface area contributed by atoms with Gasteiger partial charge in [-0.2, -0.15) is 0 Å². The molecule has 5 nitrogen and oxygen atoms in total. The standard InChI is InChI=1S/C32H37N3O2/c1-7-26-17-23(5)18-27(8-2)28(26)29-30(36)31(33-34(6)32(29)37)35(19-24-13-9-21(3)10-14-24)20-25-15-11-22(4)12-16-25/h9-18,36H,7-8,19-20H2,1-6H3. The zero-order valence-electron chi connectivity index (χ0n) is 22.8. The molecule has 192 valence electrons. The number of aromatic nitrogens is 2. The second-order valence-corrected chi connectivity index (χ2v) is 9.97. The molecular formula is C32H37N3O2. The molecule has 0 saturated carbocycles. The van der Waals surface area contributed by atoms with Gasteiger partial charge in [-0.05, 0) is 61.4 Å². The summed E-state index contributed by atoms with van der Waals surface area (Å²) in [6.45, 7) is 11.5. The zero-order chi connectivity index (χ0) is 26.7. The Kier molecular flexibility index (Phi) is 7.82. The van der Waals surface area contributed by atoms with Crippen molar-refractivity contribution in [1.82, 2.24) is 9.78 Å². The predicted octanol–water partition coefficient (Wildman–Crippen LogP) is 6.41. The highest BCUT2D eigenvalue weighted by Crippen LogP contribution is 2.38. The molecule has 0 fully saturated rings. The van der Waals surface area contributed by atoms with Crippen LogP contribution in [0.3, 0.4) is 0 Å². The van der Waals surface area contributed by atoms with Crippen LogP contribution in [0.5, 0.6) is 5.75 Å². The van der Waals surface area contributed by atoms with Crippen molar-refractivity contribution in [2.24, 2.45) is 7.05 Å². The Morgan fingerprint density at radius 3 is 1.65 bits per heavy atom. The average Bonchev–Trinajstić information content (AvgIpc) is 2.88. The minimum atomic E-state index is -0.292. The number of rotatable bonds is 8. The van der Waals surface area contributed by atoms with Crippen molar-refractivity contribution in [1.29, 1.82) is 0 Å². The summed E-state index contributed by atoms with van der Waals surface area (Å²) >= 11 is 0. The quantitative estimate of drug-likeness (QED) is 0.307. The Hall–Kier alpha value is -3.86. The molecule has 0 bridgehead atoms. The van der Waals surface area contributed by atoms with Crippen LogP contribution in [0, 0.1) is 20.8 Å². The van der Waals surface area contributed by atoms with Crippen molar-refractivity contribution >= 4 is 5.82 Å². The average molecular weight is 496 g/mol. The normalized spacial score (nSPS) is 11.1. The lowest BCUT2D eigenvalue weighted by Gasteiger charge is -2.27. The summed E-state index contributed by atoms with van der Waals surface area (Å²) in [7, 11) is 1.66. The van der Waals surface area contributed by atoms with Gasteiger partial charge in [0, 0.05) is 20.1 Å². The SMILES string of the molecule is CCc1cc(C)cc(CC)c1-c1c(O)c(N(Cc2ccc(C)cc2)Cc2ccc(C)cc2)nn(C)c1=O. The highest BCUT2D eigenvalue weighted by molar-refractivity contribution is 5.80. The summed E-state index contributed by atoms with van der Waals surface area (Å²) in [5.41, 5.74) is 8.75. The molecule has 4 rings (SSSR count). The van der Waals surface area contributed by atoms with Crippen molar-refractivity contribution in [3.05, 3.63) is 110 Å². The summed E-state index contributed by atoms with van der Waals surface area (Å²) in [4.78, 5) is 15.6. The summed E-state index contributed by atoms with van der Waals surface area (Å²) < 4.78 is 1.36. The lowest BCUT2D eigenvalue weighted by atomic mass is 9.90. The number of nitrogens with zero attached hydrogens (tertiary/aromatic N) is 3. The molecule has 0 saturated heterocycles. The van der Waals surface area contributed by atoms with Crippen LogP contribution in [0.4, 0.5) is 5.82 Å². The Morgan fingerprint density at radius 2 is 1.22 bits per heavy atom. The number of anilines is 1. The molecule has 1 N–H and O–H groups in total. The number of benzene rings is 3. The third kappa shape index (κ3) is 5.61. The molecule has 3 aromatic carbocycles. The van der Waals surface area contributed by atoms with Gasteiger partial charge in [0.2, 0.25) is 0 Å². The number of aromatic hydroxyl groups is 1. The molecule has 0 aliphatic carbocycles. The first-order valence-corrected chi connectivity index (χ1v) is 13.0. The Balaban J connectivity index is 1.92. The molecule has 0 unspecified atom stereocenters. The van der Waals surface area contributed by atoms with Crippen LogP contribution in [-0.4, -0.2) is 14.9 Å². The molecule has 0 aliphatic heterocycles. The van der Waals surface area contributed by atoms with Crippen molar-refractivity contribution < 1.29 is 5.11 Å². The van der Waals surface area contributed by atoms with Gasteiger partial charge in [-0.1, -0.05) is 91.2 Å². The van der Waals surface area contributed by atoms with Crippen molar-refractivity contribution in [3.8, 4) is 16.9 Å². The van der Waals surface area contributed by atoms with E-state index in [1.165, 1.54) is 15.8 Å². The molecular weight excluding hydrogens is 458 g/mol. The monoisotopic (exact) mass is 495 g/mol. The Labute approximate surface area is 220 Å². The van der Waals surface area contributed by atoms with Gasteiger partial charge in [0.05, 0.1) is 5.56 Å². The van der Waals surface area contributed by atoms with Crippen LogP contribution in [-0.2, 0) is 33.0 Å². The van der Waals surface area contributed by atoms with Gasteiger partial charge in [0.1, 0.15) is 0 Å².